The Labute approximate surface area is 84.3 Å². The minimum absolute atomic E-state index is 0.0504. The molecule has 0 rings (SSSR count). The second-order valence-electron chi connectivity index (χ2n) is 3.93. The summed E-state index contributed by atoms with van der Waals surface area (Å²) in [4.78, 5) is 21.9. The Kier molecular flexibility index (Phi) is 5.20. The lowest BCUT2D eigenvalue weighted by molar-refractivity contribution is -0.155. The van der Waals surface area contributed by atoms with Gasteiger partial charge in [-0.1, -0.05) is 13.8 Å². The third-order valence-corrected chi connectivity index (χ3v) is 1.88. The lowest BCUT2D eigenvalue weighted by atomic mass is 9.93. The largest absolute Gasteiger partial charge is 0.481 e. The standard InChI is InChI=1S/C10H18O4/c1-6(2)8(10(12)13)5-9(11)14-7(3)4/h6-8H,5H2,1-4H3,(H,12,13)/t8-/m0/s1. The molecule has 0 unspecified atom stereocenters. The maximum atomic E-state index is 11.2. The van der Waals surface area contributed by atoms with E-state index >= 15 is 0 Å². The Morgan fingerprint density at radius 2 is 1.71 bits per heavy atom. The van der Waals surface area contributed by atoms with Crippen molar-refractivity contribution in [3.63, 3.8) is 0 Å². The van der Waals surface area contributed by atoms with Gasteiger partial charge in [0, 0.05) is 0 Å². The number of hydrogen-bond acceptors (Lipinski definition) is 3. The predicted molar refractivity (Wildman–Crippen MR) is 51.8 cm³/mol. The van der Waals surface area contributed by atoms with Crippen molar-refractivity contribution in [2.45, 2.75) is 40.2 Å². The molecule has 0 radical (unpaired) electrons. The van der Waals surface area contributed by atoms with Gasteiger partial charge in [-0.05, 0) is 19.8 Å². The lowest BCUT2D eigenvalue weighted by Gasteiger charge is -2.16. The summed E-state index contributed by atoms with van der Waals surface area (Å²) < 4.78 is 4.88. The highest BCUT2D eigenvalue weighted by Crippen LogP contribution is 2.16. The SMILES string of the molecule is CC(C)OC(=O)C[C@H](C(=O)O)C(C)C. The second-order valence-corrected chi connectivity index (χ2v) is 3.93. The number of hydrogen-bond donors (Lipinski definition) is 1. The van der Waals surface area contributed by atoms with Gasteiger partial charge < -0.3 is 9.84 Å². The van der Waals surface area contributed by atoms with E-state index in [1.807, 2.05) is 0 Å². The van der Waals surface area contributed by atoms with Crippen LogP contribution in [0.25, 0.3) is 0 Å². The Morgan fingerprint density at radius 1 is 1.21 bits per heavy atom. The van der Waals surface area contributed by atoms with Gasteiger partial charge in [0.15, 0.2) is 0 Å². The van der Waals surface area contributed by atoms with E-state index in [4.69, 9.17) is 9.84 Å². The minimum atomic E-state index is -0.944. The van der Waals surface area contributed by atoms with E-state index in [-0.39, 0.29) is 18.4 Å². The average Bonchev–Trinajstić information content (AvgIpc) is 1.97. The van der Waals surface area contributed by atoms with Crippen LogP contribution in [0.1, 0.15) is 34.1 Å². The number of aliphatic carboxylic acids is 1. The molecule has 1 atom stereocenters. The zero-order valence-electron chi connectivity index (χ0n) is 9.11. The Hall–Kier alpha value is -1.06. The summed E-state index contributed by atoms with van der Waals surface area (Å²) in [5.41, 5.74) is 0. The van der Waals surface area contributed by atoms with Gasteiger partial charge in [0.1, 0.15) is 0 Å². The molecule has 0 fully saturated rings. The van der Waals surface area contributed by atoms with E-state index < -0.39 is 17.9 Å². The molecule has 14 heavy (non-hydrogen) atoms. The third-order valence-electron chi connectivity index (χ3n) is 1.88. The van der Waals surface area contributed by atoms with Crippen LogP contribution in [0.4, 0.5) is 0 Å². The zero-order chi connectivity index (χ0) is 11.3. The molecule has 0 bridgehead atoms. The zero-order valence-corrected chi connectivity index (χ0v) is 9.11. The van der Waals surface area contributed by atoms with Crippen molar-refractivity contribution >= 4 is 11.9 Å². The summed E-state index contributed by atoms with van der Waals surface area (Å²) in [5, 5.41) is 8.82. The number of ether oxygens (including phenoxy) is 1. The van der Waals surface area contributed by atoms with Crippen LogP contribution in [0.5, 0.6) is 0 Å². The van der Waals surface area contributed by atoms with Crippen molar-refractivity contribution < 1.29 is 19.4 Å². The highest BCUT2D eigenvalue weighted by Gasteiger charge is 2.25. The molecule has 0 aromatic heterocycles. The van der Waals surface area contributed by atoms with Gasteiger partial charge in [-0.15, -0.1) is 0 Å². The highest BCUT2D eigenvalue weighted by atomic mass is 16.5. The summed E-state index contributed by atoms with van der Waals surface area (Å²) in [7, 11) is 0. The number of carbonyl (C=O) groups excluding carboxylic acids is 1. The van der Waals surface area contributed by atoms with Gasteiger partial charge in [0.25, 0.3) is 0 Å². The van der Waals surface area contributed by atoms with Gasteiger partial charge in [0.05, 0.1) is 18.4 Å². The third kappa shape index (κ3) is 4.84. The predicted octanol–water partition coefficient (Wildman–Crippen LogP) is 1.68. The molecule has 0 saturated heterocycles. The molecule has 4 nitrogen and oxygen atoms in total. The average molecular weight is 202 g/mol. The summed E-state index contributed by atoms with van der Waals surface area (Å²) >= 11 is 0. The molecule has 4 heteroatoms. The molecule has 0 saturated carbocycles. The van der Waals surface area contributed by atoms with E-state index in [1.165, 1.54) is 0 Å². The van der Waals surface area contributed by atoms with Crippen molar-refractivity contribution in [1.82, 2.24) is 0 Å². The Bertz CT molecular complexity index is 208. The molecule has 0 aliphatic rings. The molecule has 0 spiro atoms. The maximum Gasteiger partial charge on any atom is 0.307 e. The van der Waals surface area contributed by atoms with Crippen LogP contribution in [-0.4, -0.2) is 23.1 Å². The smallest absolute Gasteiger partial charge is 0.307 e. The number of rotatable bonds is 5. The first-order valence-electron chi connectivity index (χ1n) is 4.76. The Balaban J connectivity index is 4.17. The molecule has 0 heterocycles. The van der Waals surface area contributed by atoms with Crippen LogP contribution < -0.4 is 0 Å². The van der Waals surface area contributed by atoms with E-state index in [9.17, 15) is 9.59 Å². The second kappa shape index (κ2) is 5.62. The monoisotopic (exact) mass is 202 g/mol. The van der Waals surface area contributed by atoms with E-state index in [0.29, 0.717) is 0 Å². The summed E-state index contributed by atoms with van der Waals surface area (Å²) in [5.74, 6) is -2.10. The quantitative estimate of drug-likeness (QED) is 0.689. The van der Waals surface area contributed by atoms with Crippen molar-refractivity contribution in [2.24, 2.45) is 11.8 Å². The first-order valence-corrected chi connectivity index (χ1v) is 4.76. The van der Waals surface area contributed by atoms with E-state index in [1.54, 1.807) is 27.7 Å². The molecule has 0 aliphatic carbocycles. The van der Waals surface area contributed by atoms with E-state index in [0.717, 1.165) is 0 Å². The summed E-state index contributed by atoms with van der Waals surface area (Å²) in [6.45, 7) is 7.04. The normalized spacial score (nSPS) is 13.0. The Morgan fingerprint density at radius 3 is 2.00 bits per heavy atom. The minimum Gasteiger partial charge on any atom is -0.481 e. The van der Waals surface area contributed by atoms with Gasteiger partial charge in [-0.2, -0.15) is 0 Å². The van der Waals surface area contributed by atoms with Crippen molar-refractivity contribution in [1.29, 1.82) is 0 Å². The van der Waals surface area contributed by atoms with Gasteiger partial charge in [-0.25, -0.2) is 0 Å². The molecule has 0 aromatic rings. The fourth-order valence-electron chi connectivity index (χ4n) is 1.10. The summed E-state index contributed by atoms with van der Waals surface area (Å²) in [6, 6.07) is 0. The van der Waals surface area contributed by atoms with Crippen LogP contribution in [0, 0.1) is 11.8 Å². The molecule has 82 valence electrons. The first kappa shape index (κ1) is 12.9. The van der Waals surface area contributed by atoms with Crippen molar-refractivity contribution in [3.8, 4) is 0 Å². The van der Waals surface area contributed by atoms with Crippen molar-refractivity contribution in [3.05, 3.63) is 0 Å². The molecule has 1 N–H and O–H groups in total. The van der Waals surface area contributed by atoms with E-state index in [2.05, 4.69) is 0 Å². The number of carboxylic acids is 1. The van der Waals surface area contributed by atoms with Crippen LogP contribution in [0.2, 0.25) is 0 Å². The van der Waals surface area contributed by atoms with Gasteiger partial charge >= 0.3 is 11.9 Å². The number of esters is 1. The number of carbonyl (C=O) groups is 2. The van der Waals surface area contributed by atoms with Gasteiger partial charge in [-0.3, -0.25) is 9.59 Å². The molecule has 0 aliphatic heterocycles. The van der Waals surface area contributed by atoms with Crippen LogP contribution in [0.3, 0.4) is 0 Å². The molecule has 0 aromatic carbocycles. The topological polar surface area (TPSA) is 63.6 Å². The number of carboxylic acid groups (broad SMARTS) is 1. The lowest BCUT2D eigenvalue weighted by Crippen LogP contribution is -2.25. The fourth-order valence-corrected chi connectivity index (χ4v) is 1.10. The highest BCUT2D eigenvalue weighted by molar-refractivity contribution is 5.79. The first-order chi connectivity index (χ1) is 6.34. The van der Waals surface area contributed by atoms with Crippen LogP contribution in [0.15, 0.2) is 0 Å². The molecular weight excluding hydrogens is 184 g/mol. The summed E-state index contributed by atoms with van der Waals surface area (Å²) in [6.07, 6.45) is -0.241. The fraction of sp³-hybridized carbons (Fsp3) is 0.800. The van der Waals surface area contributed by atoms with Gasteiger partial charge in [0.2, 0.25) is 0 Å². The maximum absolute atomic E-state index is 11.2. The van der Waals surface area contributed by atoms with Crippen LogP contribution >= 0.6 is 0 Å². The molecular formula is C10H18O4. The molecule has 0 amide bonds. The van der Waals surface area contributed by atoms with Crippen LogP contribution in [-0.2, 0) is 14.3 Å². The van der Waals surface area contributed by atoms with Crippen molar-refractivity contribution in [2.75, 3.05) is 0 Å².